The molecule has 0 heterocycles. The number of rotatable bonds is 37. The van der Waals surface area contributed by atoms with E-state index >= 15 is 0 Å². The molecule has 0 radical (unpaired) electrons. The summed E-state index contributed by atoms with van der Waals surface area (Å²) in [6.45, 7) is 4.48. The molecular weight excluding hydrogens is 635 g/mol. The summed E-state index contributed by atoms with van der Waals surface area (Å²) in [5, 5.41) is 23.5. The quantitative estimate of drug-likeness (QED) is 0.0289. The predicted molar refractivity (Wildman–Crippen MR) is 208 cm³/mol. The number of nitrogens with one attached hydrogen (secondary N) is 1. The van der Waals surface area contributed by atoms with Crippen molar-refractivity contribution in [3.63, 3.8) is 0 Å². The van der Waals surface area contributed by atoms with Crippen molar-refractivity contribution in [2.75, 3.05) is 5.75 Å². The van der Waals surface area contributed by atoms with Crippen molar-refractivity contribution < 1.29 is 28.0 Å². The molecule has 0 saturated carbocycles. The minimum atomic E-state index is -4.41. The Morgan fingerprint density at radius 3 is 1.37 bits per heavy atom. The van der Waals surface area contributed by atoms with Gasteiger partial charge >= 0.3 is 0 Å². The van der Waals surface area contributed by atoms with Crippen LogP contribution in [0.1, 0.15) is 206 Å². The maximum absolute atomic E-state index is 12.6. The number of aliphatic hydroxyl groups excluding tert-OH is 2. The molecule has 0 aromatic rings. The Morgan fingerprint density at radius 2 is 0.918 bits per heavy atom. The van der Waals surface area contributed by atoms with E-state index in [0.717, 1.165) is 57.8 Å². The summed E-state index contributed by atoms with van der Waals surface area (Å²) in [5.41, 5.74) is 0. The second-order valence-electron chi connectivity index (χ2n) is 14.4. The SMILES string of the molecule is CCCCC/C=C\C/C=C\CCCCCCCCC(O)C(=O)NC(CS(=O)(=O)O)C(O)CCCCCCCCCCCCCCCCCC. The number of unbranched alkanes of at least 4 members (excludes halogenated alkanes) is 24. The lowest BCUT2D eigenvalue weighted by Gasteiger charge is -2.24. The average molecular weight is 714 g/mol. The third-order valence-corrected chi connectivity index (χ3v) is 10.3. The molecule has 3 atom stereocenters. The molecule has 0 saturated heterocycles. The molecule has 0 aromatic heterocycles. The molecule has 8 heteroatoms. The van der Waals surface area contributed by atoms with Crippen molar-refractivity contribution >= 4 is 16.0 Å². The van der Waals surface area contributed by atoms with E-state index in [9.17, 15) is 28.0 Å². The van der Waals surface area contributed by atoms with Gasteiger partial charge in [0.25, 0.3) is 10.1 Å². The molecular formula is C41H79NO6S. The number of aliphatic hydroxyl groups is 2. The highest BCUT2D eigenvalue weighted by Crippen LogP contribution is 2.16. The van der Waals surface area contributed by atoms with Gasteiger partial charge in [0.05, 0.1) is 17.9 Å². The van der Waals surface area contributed by atoms with Gasteiger partial charge in [-0.3, -0.25) is 9.35 Å². The van der Waals surface area contributed by atoms with Crippen molar-refractivity contribution in [2.45, 2.75) is 225 Å². The molecule has 49 heavy (non-hydrogen) atoms. The second-order valence-corrected chi connectivity index (χ2v) is 15.9. The summed E-state index contributed by atoms with van der Waals surface area (Å²) in [5.74, 6) is -1.46. The normalized spacial score (nSPS) is 14.1. The maximum atomic E-state index is 12.6. The number of hydrogen-bond donors (Lipinski definition) is 4. The van der Waals surface area contributed by atoms with E-state index in [0.29, 0.717) is 19.3 Å². The van der Waals surface area contributed by atoms with E-state index in [1.54, 1.807) is 0 Å². The first kappa shape index (κ1) is 47.8. The zero-order valence-electron chi connectivity index (χ0n) is 31.9. The summed E-state index contributed by atoms with van der Waals surface area (Å²) >= 11 is 0. The maximum Gasteiger partial charge on any atom is 0.266 e. The number of amides is 1. The standard InChI is InChI=1S/C41H79NO6S/c1-3-5-7-9-11-13-15-17-19-21-23-25-27-29-31-33-35-39(43)38(37-49(46,47)48)42-41(45)40(44)36-34-32-30-28-26-24-22-20-18-16-14-12-10-8-6-4-2/h12,14,18,20,38-40,43-44H,3-11,13,15-17,19,21-37H2,1-2H3,(H,42,45)(H,46,47,48)/b14-12-,20-18-. The van der Waals surface area contributed by atoms with E-state index in [4.69, 9.17) is 0 Å². The highest BCUT2D eigenvalue weighted by Gasteiger charge is 2.28. The topological polar surface area (TPSA) is 124 Å². The number of hydrogen-bond acceptors (Lipinski definition) is 5. The van der Waals surface area contributed by atoms with Gasteiger partial charge < -0.3 is 15.5 Å². The molecule has 3 unspecified atom stereocenters. The van der Waals surface area contributed by atoms with E-state index in [2.05, 4.69) is 43.5 Å². The molecule has 290 valence electrons. The molecule has 4 N–H and O–H groups in total. The zero-order chi connectivity index (χ0) is 36.3. The Morgan fingerprint density at radius 1 is 0.551 bits per heavy atom. The zero-order valence-corrected chi connectivity index (χ0v) is 32.8. The minimum Gasteiger partial charge on any atom is -0.391 e. The first-order chi connectivity index (χ1) is 23.7. The van der Waals surface area contributed by atoms with Gasteiger partial charge in [-0.15, -0.1) is 0 Å². The van der Waals surface area contributed by atoms with Crippen molar-refractivity contribution in [3.8, 4) is 0 Å². The highest BCUT2D eigenvalue weighted by atomic mass is 32.2. The van der Waals surface area contributed by atoms with E-state index < -0.39 is 40.0 Å². The van der Waals surface area contributed by atoms with Crippen molar-refractivity contribution in [1.82, 2.24) is 5.32 Å². The van der Waals surface area contributed by atoms with Crippen LogP contribution < -0.4 is 5.32 Å². The molecule has 0 aliphatic carbocycles. The number of carbonyl (C=O) groups is 1. The first-order valence-electron chi connectivity index (χ1n) is 20.6. The molecule has 7 nitrogen and oxygen atoms in total. The lowest BCUT2D eigenvalue weighted by molar-refractivity contribution is -0.131. The predicted octanol–water partition coefficient (Wildman–Crippen LogP) is 10.9. The van der Waals surface area contributed by atoms with Crippen LogP contribution in [-0.2, 0) is 14.9 Å². The number of allylic oxidation sites excluding steroid dienone is 4. The lowest BCUT2D eigenvalue weighted by atomic mass is 10.0. The van der Waals surface area contributed by atoms with Crippen LogP contribution in [0, 0.1) is 0 Å². The largest absolute Gasteiger partial charge is 0.391 e. The van der Waals surface area contributed by atoms with Gasteiger partial charge in [-0.05, 0) is 44.9 Å². The fourth-order valence-electron chi connectivity index (χ4n) is 6.31. The fraction of sp³-hybridized carbons (Fsp3) is 0.878. The van der Waals surface area contributed by atoms with Crippen LogP contribution in [0.3, 0.4) is 0 Å². The van der Waals surface area contributed by atoms with Gasteiger partial charge in [-0.2, -0.15) is 8.42 Å². The smallest absolute Gasteiger partial charge is 0.266 e. The van der Waals surface area contributed by atoms with Crippen molar-refractivity contribution in [1.29, 1.82) is 0 Å². The highest BCUT2D eigenvalue weighted by molar-refractivity contribution is 7.85. The van der Waals surface area contributed by atoms with E-state index in [1.165, 1.54) is 109 Å². The summed E-state index contributed by atoms with van der Waals surface area (Å²) in [7, 11) is -4.41. The summed E-state index contributed by atoms with van der Waals surface area (Å²) < 4.78 is 32.6. The summed E-state index contributed by atoms with van der Waals surface area (Å²) in [6, 6.07) is -1.15. The van der Waals surface area contributed by atoms with Crippen molar-refractivity contribution in [2.24, 2.45) is 0 Å². The Bertz CT molecular complexity index is 890. The molecule has 0 spiro atoms. The summed E-state index contributed by atoms with van der Waals surface area (Å²) in [6.07, 6.45) is 40.4. The minimum absolute atomic E-state index is 0.286. The van der Waals surface area contributed by atoms with Gasteiger partial charge in [-0.1, -0.05) is 186 Å². The van der Waals surface area contributed by atoms with Gasteiger partial charge in [0, 0.05) is 0 Å². The van der Waals surface area contributed by atoms with Gasteiger partial charge in [-0.25, -0.2) is 0 Å². The first-order valence-corrected chi connectivity index (χ1v) is 22.2. The molecule has 0 rings (SSSR count). The molecule has 0 aliphatic heterocycles. The van der Waals surface area contributed by atoms with Crippen LogP contribution in [-0.4, -0.2) is 53.1 Å². The van der Waals surface area contributed by atoms with Gasteiger partial charge in [0.2, 0.25) is 5.91 Å². The third kappa shape index (κ3) is 35.0. The van der Waals surface area contributed by atoms with E-state index in [1.807, 2.05) is 0 Å². The van der Waals surface area contributed by atoms with Crippen LogP contribution in [0.25, 0.3) is 0 Å². The third-order valence-electron chi connectivity index (χ3n) is 9.52. The van der Waals surface area contributed by atoms with Crippen LogP contribution >= 0.6 is 0 Å². The van der Waals surface area contributed by atoms with Gasteiger partial charge in [0.15, 0.2) is 0 Å². The van der Waals surface area contributed by atoms with Crippen LogP contribution in [0.15, 0.2) is 24.3 Å². The monoisotopic (exact) mass is 714 g/mol. The Labute approximate surface area is 303 Å². The molecule has 0 aromatic carbocycles. The van der Waals surface area contributed by atoms with Gasteiger partial charge in [0.1, 0.15) is 6.10 Å². The van der Waals surface area contributed by atoms with Crippen LogP contribution in [0.5, 0.6) is 0 Å². The summed E-state index contributed by atoms with van der Waals surface area (Å²) in [4.78, 5) is 12.6. The lowest BCUT2D eigenvalue weighted by Crippen LogP contribution is -2.50. The Hall–Kier alpha value is -1.22. The number of carbonyl (C=O) groups excluding carboxylic acids is 1. The Balaban J connectivity index is 4.00. The molecule has 0 bridgehead atoms. The molecule has 0 aliphatic rings. The average Bonchev–Trinajstić information content (AvgIpc) is 3.06. The molecule has 1 amide bonds. The van der Waals surface area contributed by atoms with Crippen LogP contribution in [0.4, 0.5) is 0 Å². The second kappa shape index (κ2) is 35.2. The van der Waals surface area contributed by atoms with E-state index in [-0.39, 0.29) is 6.42 Å². The molecule has 0 fully saturated rings. The van der Waals surface area contributed by atoms with Crippen molar-refractivity contribution in [3.05, 3.63) is 24.3 Å². The fourth-order valence-corrected chi connectivity index (χ4v) is 7.07. The van der Waals surface area contributed by atoms with Crippen LogP contribution in [0.2, 0.25) is 0 Å². The Kier molecular flexibility index (Phi) is 34.3.